The Balaban J connectivity index is 1.88. The standard InChI is InChI=1S/C55H80O27/c1-13-24(8)46(64)70-22-32-34(58)36(60)44(80-52-38(62)42(78-50(68)28(12)17-5)40(30(20-56)72-52)76-48(66)26(10)15-3)54(74-32)82-55-45(37(61)35(59)33(75-55)23-71-47(65)25(9)14-2)81-53-39(63)43(79-51(69)29(18-6)19-7)41(31(21-57)73-53)77-49(67)27(11)16-4/h13-18,30-45,52-63H,19-23H2,1-12H3/t30-,31-,32-,33-,34-,35-,36+,37+,38-,39-,40-,41-,42-,43-,44-,45-,52+,53+,54-,55-/m1/s1. The second-order valence-corrected chi connectivity index (χ2v) is 19.5. The van der Waals surface area contributed by atoms with E-state index in [-0.39, 0.29) is 39.9 Å². The molecule has 0 aromatic heterocycles. The predicted octanol–water partition coefficient (Wildman–Crippen LogP) is -0.256. The first-order valence-electron chi connectivity index (χ1n) is 26.7. The first kappa shape index (κ1) is 69.2. The molecule has 0 spiro atoms. The summed E-state index contributed by atoms with van der Waals surface area (Å²) >= 11 is 0. The second-order valence-electron chi connectivity index (χ2n) is 19.5. The molecule has 0 aromatic rings. The molecule has 27 heteroatoms. The van der Waals surface area contributed by atoms with Crippen molar-refractivity contribution in [1.82, 2.24) is 0 Å². The number of rotatable bonds is 23. The number of aliphatic hydroxyl groups excluding tert-OH is 8. The molecule has 82 heavy (non-hydrogen) atoms. The highest BCUT2D eigenvalue weighted by Gasteiger charge is 2.58. The van der Waals surface area contributed by atoms with Crippen LogP contribution in [0.3, 0.4) is 0 Å². The van der Waals surface area contributed by atoms with Gasteiger partial charge in [-0.3, -0.25) is 0 Å². The molecule has 0 unspecified atom stereocenters. The number of hydrogen-bond acceptors (Lipinski definition) is 27. The van der Waals surface area contributed by atoms with Crippen LogP contribution in [0.5, 0.6) is 0 Å². The molecule has 0 bridgehead atoms. The summed E-state index contributed by atoms with van der Waals surface area (Å²) in [6.45, 7) is 14.4. The summed E-state index contributed by atoms with van der Waals surface area (Å²) in [5.41, 5.74) is 0.577. The Morgan fingerprint density at radius 1 is 0.366 bits per heavy atom. The quantitative estimate of drug-likeness (QED) is 0.0371. The highest BCUT2D eigenvalue weighted by Crippen LogP contribution is 2.37. The van der Waals surface area contributed by atoms with Gasteiger partial charge in [-0.15, -0.1) is 0 Å². The van der Waals surface area contributed by atoms with E-state index < -0.39 is 185 Å². The van der Waals surface area contributed by atoms with Crippen LogP contribution in [0.15, 0.2) is 69.9 Å². The first-order chi connectivity index (χ1) is 38.8. The molecule has 20 atom stereocenters. The van der Waals surface area contributed by atoms with Gasteiger partial charge in [-0.05, 0) is 82.6 Å². The van der Waals surface area contributed by atoms with Crippen molar-refractivity contribution in [1.29, 1.82) is 0 Å². The third kappa shape index (κ3) is 16.9. The van der Waals surface area contributed by atoms with E-state index in [1.165, 1.54) is 91.8 Å². The van der Waals surface area contributed by atoms with Crippen LogP contribution < -0.4 is 0 Å². The van der Waals surface area contributed by atoms with Crippen LogP contribution in [0.4, 0.5) is 0 Å². The average molecular weight is 1170 g/mol. The van der Waals surface area contributed by atoms with Crippen LogP contribution in [0.1, 0.15) is 89.5 Å². The molecule has 4 aliphatic rings. The number of ether oxygens (including phenoxy) is 13. The van der Waals surface area contributed by atoms with Crippen molar-refractivity contribution in [3.05, 3.63) is 69.9 Å². The predicted molar refractivity (Wildman–Crippen MR) is 278 cm³/mol. The number of allylic oxidation sites excluding steroid dienone is 6. The van der Waals surface area contributed by atoms with Gasteiger partial charge in [0.25, 0.3) is 0 Å². The van der Waals surface area contributed by atoms with E-state index in [9.17, 15) is 69.6 Å². The fraction of sp³-hybridized carbons (Fsp3) is 0.673. The Morgan fingerprint density at radius 2 is 0.671 bits per heavy atom. The Bertz CT molecular complexity index is 2390. The Hall–Kier alpha value is -5.34. The number of carbonyl (C=O) groups is 6. The maximum Gasteiger partial charge on any atom is 0.334 e. The zero-order valence-corrected chi connectivity index (χ0v) is 47.9. The zero-order valence-electron chi connectivity index (χ0n) is 47.9. The molecule has 0 amide bonds. The van der Waals surface area contributed by atoms with Gasteiger partial charge >= 0.3 is 35.8 Å². The van der Waals surface area contributed by atoms with E-state index in [0.717, 1.165) is 0 Å². The lowest BCUT2D eigenvalue weighted by Crippen LogP contribution is -2.68. The van der Waals surface area contributed by atoms with E-state index in [1.54, 1.807) is 27.7 Å². The van der Waals surface area contributed by atoms with Crippen molar-refractivity contribution in [3.8, 4) is 0 Å². The molecule has 0 saturated carbocycles. The van der Waals surface area contributed by atoms with Crippen molar-refractivity contribution < 1.29 is 131 Å². The topological polar surface area (TPSA) is 384 Å². The normalized spacial score (nSPS) is 35.3. The molecule has 0 radical (unpaired) electrons. The largest absolute Gasteiger partial charge is 0.459 e. The highest BCUT2D eigenvalue weighted by molar-refractivity contribution is 5.90. The second kappa shape index (κ2) is 32.1. The molecule has 27 nitrogen and oxygen atoms in total. The number of carbonyl (C=O) groups excluding carboxylic acids is 6. The SMILES string of the molecule is CC=C(C)C(=O)OC[C@H]1O[C@H](O[C@H]2O[C@H](COC(=O)C(C)=CC)[C@@H](O)[C@H](O)[C@H]2O[C@@H]2O[C@H](CO)[C@@H](OC(=O)C(C)=CC)[C@H](OC(=O)C(=CC)CC)[C@H]2O)[C@H](O[C@@H]2O[C@H](CO)[C@@H](OC(=O)C(C)=CC)[C@H](OC(=O)C(C)=CC)[C@H]2O)[C@@H](O)[C@@H]1O. The molecular formula is C55H80O27. The van der Waals surface area contributed by atoms with E-state index in [2.05, 4.69) is 0 Å². The Morgan fingerprint density at radius 3 is 0.976 bits per heavy atom. The monoisotopic (exact) mass is 1170 g/mol. The molecule has 8 N–H and O–H groups in total. The maximum atomic E-state index is 13.5. The number of aliphatic hydroxyl groups is 8. The molecule has 4 heterocycles. The van der Waals surface area contributed by atoms with Crippen molar-refractivity contribution >= 4 is 35.8 Å². The summed E-state index contributed by atoms with van der Waals surface area (Å²) in [5, 5.41) is 92.6. The summed E-state index contributed by atoms with van der Waals surface area (Å²) in [6, 6.07) is 0. The minimum atomic E-state index is -2.23. The lowest BCUT2D eigenvalue weighted by Gasteiger charge is -2.49. The summed E-state index contributed by atoms with van der Waals surface area (Å²) in [4.78, 5) is 78.8. The molecule has 0 aliphatic carbocycles. The third-order valence-corrected chi connectivity index (χ3v) is 14.2. The lowest BCUT2D eigenvalue weighted by molar-refractivity contribution is -0.414. The Kier molecular flexibility index (Phi) is 27.1. The molecule has 462 valence electrons. The van der Waals surface area contributed by atoms with E-state index in [1.807, 2.05) is 0 Å². The average Bonchev–Trinajstić information content (AvgIpc) is 3.58. The Labute approximate surface area is 474 Å². The van der Waals surface area contributed by atoms with Gasteiger partial charge in [-0.25, -0.2) is 28.8 Å². The number of esters is 6. The fourth-order valence-electron chi connectivity index (χ4n) is 8.35. The van der Waals surface area contributed by atoms with Crippen molar-refractivity contribution in [3.63, 3.8) is 0 Å². The van der Waals surface area contributed by atoms with Gasteiger partial charge in [-0.2, -0.15) is 0 Å². The van der Waals surface area contributed by atoms with Crippen LogP contribution in [-0.2, 0) is 90.3 Å². The van der Waals surface area contributed by atoms with Crippen LogP contribution in [0.2, 0.25) is 0 Å². The van der Waals surface area contributed by atoms with Gasteiger partial charge in [0.05, 0.1) is 13.2 Å². The molecule has 4 rings (SSSR count). The van der Waals surface area contributed by atoms with Crippen molar-refractivity contribution in [2.24, 2.45) is 0 Å². The summed E-state index contributed by atoms with van der Waals surface area (Å²) < 4.78 is 76.1. The van der Waals surface area contributed by atoms with E-state index >= 15 is 0 Å². The zero-order chi connectivity index (χ0) is 61.4. The fourth-order valence-corrected chi connectivity index (χ4v) is 8.35. The van der Waals surface area contributed by atoms with Gasteiger partial charge in [0, 0.05) is 33.4 Å². The van der Waals surface area contributed by atoms with Crippen molar-refractivity contribution in [2.45, 2.75) is 212 Å². The van der Waals surface area contributed by atoms with Crippen LogP contribution in [-0.4, -0.2) is 226 Å². The highest BCUT2D eigenvalue weighted by atomic mass is 16.8. The smallest absolute Gasteiger partial charge is 0.334 e. The number of hydrogen-bond donors (Lipinski definition) is 8. The lowest BCUT2D eigenvalue weighted by atomic mass is 9.96. The summed E-state index contributed by atoms with van der Waals surface area (Å²) in [7, 11) is 0. The van der Waals surface area contributed by atoms with Gasteiger partial charge in [0.2, 0.25) is 0 Å². The molecule has 0 aromatic carbocycles. The minimum absolute atomic E-state index is 0.0358. The van der Waals surface area contributed by atoms with Gasteiger partial charge in [0.1, 0.15) is 86.5 Å². The summed E-state index contributed by atoms with van der Waals surface area (Å²) in [5.74, 6) is -5.64. The van der Waals surface area contributed by atoms with E-state index in [0.29, 0.717) is 0 Å². The summed E-state index contributed by atoms with van der Waals surface area (Å²) in [6.07, 6.45) is -31.2. The molecule has 4 aliphatic heterocycles. The third-order valence-electron chi connectivity index (χ3n) is 14.2. The van der Waals surface area contributed by atoms with Crippen LogP contribution in [0.25, 0.3) is 0 Å². The van der Waals surface area contributed by atoms with Crippen LogP contribution in [0, 0.1) is 0 Å². The first-order valence-corrected chi connectivity index (χ1v) is 26.7. The maximum absolute atomic E-state index is 13.5. The van der Waals surface area contributed by atoms with E-state index in [4.69, 9.17) is 61.6 Å². The van der Waals surface area contributed by atoms with Crippen LogP contribution >= 0.6 is 0 Å². The molecule has 4 fully saturated rings. The van der Waals surface area contributed by atoms with Gasteiger partial charge < -0.3 is 102 Å². The molecular weight excluding hydrogens is 1090 g/mol. The van der Waals surface area contributed by atoms with Crippen molar-refractivity contribution in [2.75, 3.05) is 26.4 Å². The minimum Gasteiger partial charge on any atom is -0.459 e. The molecule has 4 saturated heterocycles. The van der Waals surface area contributed by atoms with Gasteiger partial charge in [-0.1, -0.05) is 43.4 Å². The van der Waals surface area contributed by atoms with Gasteiger partial charge in [0.15, 0.2) is 49.6 Å².